The number of anilines is 1. The minimum absolute atomic E-state index is 0.117. The van der Waals surface area contributed by atoms with Gasteiger partial charge >= 0.3 is 6.03 Å². The van der Waals surface area contributed by atoms with Crippen LogP contribution in [0.4, 0.5) is 10.5 Å². The second kappa shape index (κ2) is 6.18. The number of nitrogens with one attached hydrogen (secondary N) is 1. The summed E-state index contributed by atoms with van der Waals surface area (Å²) in [6.07, 6.45) is 0. The van der Waals surface area contributed by atoms with Crippen molar-refractivity contribution in [2.75, 3.05) is 18.4 Å². The van der Waals surface area contributed by atoms with E-state index in [1.165, 1.54) is 0 Å². The summed E-state index contributed by atoms with van der Waals surface area (Å²) in [4.78, 5) is 17.9. The standard InChI is InChI=1S/C14H18N4O2/c1-4-18(5-2)14(19)16-12-8-6-7-11(9-12)13-15-10(3)17-20-13/h6-9H,4-5H2,1-3H3,(H,16,19). The number of hydrogen-bond donors (Lipinski definition) is 1. The Morgan fingerprint density at radius 3 is 2.70 bits per heavy atom. The highest BCUT2D eigenvalue weighted by molar-refractivity contribution is 5.89. The van der Waals surface area contributed by atoms with Crippen LogP contribution >= 0.6 is 0 Å². The van der Waals surface area contributed by atoms with Crippen molar-refractivity contribution >= 4 is 11.7 Å². The first-order valence-electron chi connectivity index (χ1n) is 6.60. The molecule has 0 aliphatic rings. The Bertz CT molecular complexity index is 590. The summed E-state index contributed by atoms with van der Waals surface area (Å²) in [5.74, 6) is 1.03. The zero-order valence-electron chi connectivity index (χ0n) is 11.9. The molecule has 0 spiro atoms. The first kappa shape index (κ1) is 14.0. The maximum atomic E-state index is 12.0. The van der Waals surface area contributed by atoms with Crippen LogP contribution < -0.4 is 5.32 Å². The maximum Gasteiger partial charge on any atom is 0.321 e. The van der Waals surface area contributed by atoms with Gasteiger partial charge in [0.25, 0.3) is 5.89 Å². The molecule has 1 aromatic heterocycles. The van der Waals surface area contributed by atoms with Crippen LogP contribution in [0.2, 0.25) is 0 Å². The summed E-state index contributed by atoms with van der Waals surface area (Å²) in [5, 5.41) is 6.61. The molecule has 1 N–H and O–H groups in total. The first-order chi connectivity index (χ1) is 9.63. The number of nitrogens with zero attached hydrogens (tertiary/aromatic N) is 3. The van der Waals surface area contributed by atoms with Crippen LogP contribution in [0.5, 0.6) is 0 Å². The molecule has 6 heteroatoms. The van der Waals surface area contributed by atoms with Gasteiger partial charge < -0.3 is 14.7 Å². The summed E-state index contributed by atoms with van der Waals surface area (Å²) in [7, 11) is 0. The number of carbonyl (C=O) groups is 1. The van der Waals surface area contributed by atoms with Crippen LogP contribution in [0, 0.1) is 6.92 Å². The molecular weight excluding hydrogens is 256 g/mol. The SMILES string of the molecule is CCN(CC)C(=O)Nc1cccc(-c2nc(C)no2)c1. The van der Waals surface area contributed by atoms with Gasteiger partial charge in [-0.2, -0.15) is 4.98 Å². The number of carbonyl (C=O) groups excluding carboxylic acids is 1. The Labute approximate surface area is 117 Å². The van der Waals surface area contributed by atoms with Gasteiger partial charge in [0.2, 0.25) is 0 Å². The minimum Gasteiger partial charge on any atom is -0.334 e. The monoisotopic (exact) mass is 274 g/mol. The molecule has 0 aliphatic carbocycles. The molecule has 2 rings (SSSR count). The average molecular weight is 274 g/mol. The highest BCUT2D eigenvalue weighted by atomic mass is 16.5. The van der Waals surface area contributed by atoms with Gasteiger partial charge in [-0.05, 0) is 39.0 Å². The molecule has 0 aliphatic heterocycles. The van der Waals surface area contributed by atoms with Gasteiger partial charge in [0.05, 0.1) is 0 Å². The smallest absolute Gasteiger partial charge is 0.321 e. The quantitative estimate of drug-likeness (QED) is 0.930. The van der Waals surface area contributed by atoms with Gasteiger partial charge in [-0.3, -0.25) is 0 Å². The third-order valence-electron chi connectivity index (χ3n) is 2.94. The lowest BCUT2D eigenvalue weighted by Crippen LogP contribution is -2.34. The third kappa shape index (κ3) is 3.14. The Morgan fingerprint density at radius 1 is 1.35 bits per heavy atom. The highest BCUT2D eigenvalue weighted by Gasteiger charge is 2.11. The number of aryl methyl sites for hydroxylation is 1. The fourth-order valence-corrected chi connectivity index (χ4v) is 1.86. The first-order valence-corrected chi connectivity index (χ1v) is 6.60. The van der Waals surface area contributed by atoms with E-state index in [0.717, 1.165) is 5.56 Å². The van der Waals surface area contributed by atoms with Crippen LogP contribution in [0.3, 0.4) is 0 Å². The molecule has 2 aromatic rings. The van der Waals surface area contributed by atoms with Crippen LogP contribution in [-0.2, 0) is 0 Å². The molecule has 1 aromatic carbocycles. The van der Waals surface area contributed by atoms with Crippen molar-refractivity contribution in [1.82, 2.24) is 15.0 Å². The van der Waals surface area contributed by atoms with Gasteiger partial charge in [-0.15, -0.1) is 0 Å². The third-order valence-corrected chi connectivity index (χ3v) is 2.94. The lowest BCUT2D eigenvalue weighted by atomic mass is 10.2. The van der Waals surface area contributed by atoms with E-state index in [4.69, 9.17) is 4.52 Å². The van der Waals surface area contributed by atoms with E-state index in [1.54, 1.807) is 11.8 Å². The minimum atomic E-state index is -0.117. The largest absolute Gasteiger partial charge is 0.334 e. The van der Waals surface area contributed by atoms with Crippen molar-refractivity contribution < 1.29 is 9.32 Å². The van der Waals surface area contributed by atoms with E-state index in [0.29, 0.717) is 30.5 Å². The van der Waals surface area contributed by atoms with Gasteiger partial charge in [0, 0.05) is 24.3 Å². The van der Waals surface area contributed by atoms with Crippen molar-refractivity contribution in [2.45, 2.75) is 20.8 Å². The Balaban J connectivity index is 2.16. The van der Waals surface area contributed by atoms with Crippen molar-refractivity contribution in [3.05, 3.63) is 30.1 Å². The summed E-state index contributed by atoms with van der Waals surface area (Å²) in [5.41, 5.74) is 1.48. The predicted octanol–water partition coefficient (Wildman–Crippen LogP) is 2.92. The van der Waals surface area contributed by atoms with E-state index >= 15 is 0 Å². The fraction of sp³-hybridized carbons (Fsp3) is 0.357. The molecule has 0 saturated heterocycles. The molecule has 20 heavy (non-hydrogen) atoms. The average Bonchev–Trinajstić information content (AvgIpc) is 2.87. The second-order valence-electron chi connectivity index (χ2n) is 4.33. The van der Waals surface area contributed by atoms with Crippen molar-refractivity contribution in [3.63, 3.8) is 0 Å². The molecule has 1 heterocycles. The predicted molar refractivity (Wildman–Crippen MR) is 76.4 cm³/mol. The van der Waals surface area contributed by atoms with Crippen LogP contribution in [0.15, 0.2) is 28.8 Å². The molecule has 0 unspecified atom stereocenters. The Kier molecular flexibility index (Phi) is 4.34. The fourth-order valence-electron chi connectivity index (χ4n) is 1.86. The van der Waals surface area contributed by atoms with Gasteiger partial charge in [0.15, 0.2) is 5.82 Å². The molecule has 0 bridgehead atoms. The topological polar surface area (TPSA) is 71.3 Å². The highest BCUT2D eigenvalue weighted by Crippen LogP contribution is 2.21. The van der Waals surface area contributed by atoms with E-state index in [2.05, 4.69) is 15.5 Å². The molecular formula is C14H18N4O2. The van der Waals surface area contributed by atoms with Crippen molar-refractivity contribution in [1.29, 1.82) is 0 Å². The Morgan fingerprint density at radius 2 is 2.10 bits per heavy atom. The van der Waals surface area contributed by atoms with Crippen LogP contribution in [0.1, 0.15) is 19.7 Å². The lowest BCUT2D eigenvalue weighted by Gasteiger charge is -2.19. The molecule has 2 amide bonds. The summed E-state index contributed by atoms with van der Waals surface area (Å²) in [6.45, 7) is 7.00. The van der Waals surface area contributed by atoms with E-state index in [9.17, 15) is 4.79 Å². The number of benzene rings is 1. The normalized spacial score (nSPS) is 10.3. The molecule has 0 radical (unpaired) electrons. The summed E-state index contributed by atoms with van der Waals surface area (Å²) >= 11 is 0. The molecule has 0 saturated carbocycles. The van der Waals surface area contributed by atoms with Crippen molar-refractivity contribution in [3.8, 4) is 11.5 Å². The molecule has 0 atom stereocenters. The number of rotatable bonds is 4. The molecule has 0 fully saturated rings. The summed E-state index contributed by atoms with van der Waals surface area (Å²) < 4.78 is 5.12. The zero-order chi connectivity index (χ0) is 14.5. The number of aromatic nitrogens is 2. The van der Waals surface area contributed by atoms with E-state index in [-0.39, 0.29) is 6.03 Å². The van der Waals surface area contributed by atoms with Crippen LogP contribution in [-0.4, -0.2) is 34.2 Å². The van der Waals surface area contributed by atoms with Gasteiger partial charge in [-0.1, -0.05) is 11.2 Å². The van der Waals surface area contributed by atoms with E-state index < -0.39 is 0 Å². The maximum absolute atomic E-state index is 12.0. The second-order valence-corrected chi connectivity index (χ2v) is 4.33. The number of urea groups is 1. The number of hydrogen-bond acceptors (Lipinski definition) is 4. The zero-order valence-corrected chi connectivity index (χ0v) is 11.9. The van der Waals surface area contributed by atoms with Crippen molar-refractivity contribution in [2.24, 2.45) is 0 Å². The van der Waals surface area contributed by atoms with E-state index in [1.807, 2.05) is 38.1 Å². The number of amides is 2. The Hall–Kier alpha value is -2.37. The van der Waals surface area contributed by atoms with Gasteiger partial charge in [0.1, 0.15) is 0 Å². The summed E-state index contributed by atoms with van der Waals surface area (Å²) in [6, 6.07) is 7.23. The van der Waals surface area contributed by atoms with Crippen LogP contribution in [0.25, 0.3) is 11.5 Å². The molecule has 6 nitrogen and oxygen atoms in total. The lowest BCUT2D eigenvalue weighted by molar-refractivity contribution is 0.217. The molecule has 106 valence electrons. The van der Waals surface area contributed by atoms with Gasteiger partial charge in [-0.25, -0.2) is 4.79 Å².